The molecule has 1 saturated heterocycles. The zero-order valence-corrected chi connectivity index (χ0v) is 12.8. The van der Waals surface area contributed by atoms with Crippen LogP contribution < -0.4 is 9.47 Å². The van der Waals surface area contributed by atoms with Crippen LogP contribution in [0.2, 0.25) is 0 Å². The SMILES string of the molecule is CCCOc1ccc(CO)c(OCCCC2CCCO2)c1. The van der Waals surface area contributed by atoms with Gasteiger partial charge >= 0.3 is 0 Å². The van der Waals surface area contributed by atoms with Crippen molar-refractivity contribution < 1.29 is 19.3 Å². The van der Waals surface area contributed by atoms with Gasteiger partial charge in [-0.05, 0) is 44.2 Å². The molecule has 1 aromatic rings. The summed E-state index contributed by atoms with van der Waals surface area (Å²) < 4.78 is 17.0. The smallest absolute Gasteiger partial charge is 0.128 e. The van der Waals surface area contributed by atoms with E-state index in [0.717, 1.165) is 42.9 Å². The van der Waals surface area contributed by atoms with Crippen LogP contribution in [0.5, 0.6) is 11.5 Å². The Morgan fingerprint density at radius 1 is 1.29 bits per heavy atom. The summed E-state index contributed by atoms with van der Waals surface area (Å²) in [7, 11) is 0. The fourth-order valence-electron chi connectivity index (χ4n) is 2.47. The number of aliphatic hydroxyl groups excluding tert-OH is 1. The lowest BCUT2D eigenvalue weighted by Gasteiger charge is -2.14. The van der Waals surface area contributed by atoms with E-state index >= 15 is 0 Å². The first-order valence-corrected chi connectivity index (χ1v) is 7.94. The molecule has 4 heteroatoms. The fraction of sp³-hybridized carbons (Fsp3) is 0.647. The summed E-state index contributed by atoms with van der Waals surface area (Å²) in [5, 5.41) is 9.37. The van der Waals surface area contributed by atoms with Gasteiger partial charge in [-0.25, -0.2) is 0 Å². The zero-order valence-electron chi connectivity index (χ0n) is 12.8. The van der Waals surface area contributed by atoms with Crippen molar-refractivity contribution in [2.45, 2.75) is 51.7 Å². The first kappa shape index (κ1) is 16.1. The highest BCUT2D eigenvalue weighted by molar-refractivity contribution is 5.40. The standard InChI is InChI=1S/C17H26O4/c1-2-9-19-16-8-7-14(13-18)17(12-16)21-11-4-6-15-5-3-10-20-15/h7-8,12,15,18H,2-6,9-11,13H2,1H3. The molecule has 0 spiro atoms. The van der Waals surface area contributed by atoms with E-state index in [4.69, 9.17) is 14.2 Å². The molecule has 118 valence electrons. The monoisotopic (exact) mass is 294 g/mol. The van der Waals surface area contributed by atoms with Gasteiger partial charge in [-0.15, -0.1) is 0 Å². The van der Waals surface area contributed by atoms with Crippen LogP contribution in [0.4, 0.5) is 0 Å². The maximum Gasteiger partial charge on any atom is 0.128 e. The molecule has 0 radical (unpaired) electrons. The van der Waals surface area contributed by atoms with Crippen molar-refractivity contribution >= 4 is 0 Å². The number of hydrogen-bond donors (Lipinski definition) is 1. The molecule has 0 aliphatic carbocycles. The molecular formula is C17H26O4. The molecule has 1 aliphatic heterocycles. The normalized spacial score (nSPS) is 17.9. The highest BCUT2D eigenvalue weighted by Gasteiger charge is 2.14. The minimum atomic E-state index is -0.0187. The first-order chi connectivity index (χ1) is 10.3. The minimum absolute atomic E-state index is 0.0187. The van der Waals surface area contributed by atoms with Crippen molar-refractivity contribution in [2.75, 3.05) is 19.8 Å². The quantitative estimate of drug-likeness (QED) is 0.710. The van der Waals surface area contributed by atoms with Crippen LogP contribution in [0.15, 0.2) is 18.2 Å². The Balaban J connectivity index is 1.81. The van der Waals surface area contributed by atoms with Gasteiger partial charge in [0.15, 0.2) is 0 Å². The van der Waals surface area contributed by atoms with E-state index in [2.05, 4.69) is 6.92 Å². The van der Waals surface area contributed by atoms with Crippen LogP contribution in [0.1, 0.15) is 44.6 Å². The third-order valence-electron chi connectivity index (χ3n) is 3.63. The molecule has 1 aliphatic rings. The van der Waals surface area contributed by atoms with E-state index in [1.807, 2.05) is 18.2 Å². The second-order valence-corrected chi connectivity index (χ2v) is 5.40. The van der Waals surface area contributed by atoms with Gasteiger partial charge in [0.25, 0.3) is 0 Å². The lowest BCUT2D eigenvalue weighted by molar-refractivity contribution is 0.0979. The predicted octanol–water partition coefficient (Wildman–Crippen LogP) is 3.31. The maximum atomic E-state index is 9.37. The molecule has 21 heavy (non-hydrogen) atoms. The Bertz CT molecular complexity index is 413. The van der Waals surface area contributed by atoms with E-state index in [9.17, 15) is 5.11 Å². The molecule has 1 unspecified atom stereocenters. The van der Waals surface area contributed by atoms with Gasteiger partial charge in [-0.3, -0.25) is 0 Å². The molecule has 2 rings (SSSR count). The van der Waals surface area contributed by atoms with Crippen molar-refractivity contribution in [3.63, 3.8) is 0 Å². The molecule has 0 saturated carbocycles. The molecule has 0 aromatic heterocycles. The topological polar surface area (TPSA) is 47.9 Å². The van der Waals surface area contributed by atoms with Crippen LogP contribution >= 0.6 is 0 Å². The summed E-state index contributed by atoms with van der Waals surface area (Å²) >= 11 is 0. The average Bonchev–Trinajstić information content (AvgIpc) is 3.03. The van der Waals surface area contributed by atoms with Crippen molar-refractivity contribution in [2.24, 2.45) is 0 Å². The van der Waals surface area contributed by atoms with Crippen molar-refractivity contribution in [1.29, 1.82) is 0 Å². The highest BCUT2D eigenvalue weighted by atomic mass is 16.5. The molecule has 1 heterocycles. The Morgan fingerprint density at radius 2 is 2.19 bits per heavy atom. The van der Waals surface area contributed by atoms with E-state index in [-0.39, 0.29) is 6.61 Å². The average molecular weight is 294 g/mol. The van der Waals surface area contributed by atoms with E-state index in [0.29, 0.717) is 19.3 Å². The number of benzene rings is 1. The molecular weight excluding hydrogens is 268 g/mol. The number of ether oxygens (including phenoxy) is 3. The van der Waals surface area contributed by atoms with Gasteiger partial charge in [0.05, 0.1) is 25.9 Å². The lowest BCUT2D eigenvalue weighted by Crippen LogP contribution is -2.08. The molecule has 0 amide bonds. The lowest BCUT2D eigenvalue weighted by atomic mass is 10.1. The molecule has 1 fully saturated rings. The zero-order chi connectivity index (χ0) is 14.9. The van der Waals surface area contributed by atoms with E-state index in [1.165, 1.54) is 12.8 Å². The molecule has 1 atom stereocenters. The van der Waals surface area contributed by atoms with E-state index in [1.54, 1.807) is 0 Å². The van der Waals surface area contributed by atoms with Crippen LogP contribution in [-0.4, -0.2) is 31.0 Å². The Morgan fingerprint density at radius 3 is 2.90 bits per heavy atom. The third kappa shape index (κ3) is 5.21. The summed E-state index contributed by atoms with van der Waals surface area (Å²) in [5.41, 5.74) is 0.802. The molecule has 1 aromatic carbocycles. The highest BCUT2D eigenvalue weighted by Crippen LogP contribution is 2.26. The second kappa shape index (κ2) is 8.90. The number of rotatable bonds is 9. The van der Waals surface area contributed by atoms with Crippen LogP contribution in [-0.2, 0) is 11.3 Å². The molecule has 4 nitrogen and oxygen atoms in total. The first-order valence-electron chi connectivity index (χ1n) is 7.94. The summed E-state index contributed by atoms with van der Waals surface area (Å²) in [4.78, 5) is 0. The van der Waals surface area contributed by atoms with Crippen LogP contribution in [0.3, 0.4) is 0 Å². The van der Waals surface area contributed by atoms with Crippen molar-refractivity contribution in [3.05, 3.63) is 23.8 Å². The molecule has 0 bridgehead atoms. The van der Waals surface area contributed by atoms with Crippen molar-refractivity contribution in [1.82, 2.24) is 0 Å². The minimum Gasteiger partial charge on any atom is -0.493 e. The summed E-state index contributed by atoms with van der Waals surface area (Å²) in [6, 6.07) is 5.61. The largest absolute Gasteiger partial charge is 0.493 e. The maximum absolute atomic E-state index is 9.37. The van der Waals surface area contributed by atoms with Gasteiger partial charge < -0.3 is 19.3 Å². The number of aliphatic hydroxyl groups is 1. The Kier molecular flexibility index (Phi) is 6.83. The van der Waals surface area contributed by atoms with Crippen LogP contribution in [0, 0.1) is 0 Å². The summed E-state index contributed by atoms with van der Waals surface area (Å²) in [6.07, 6.45) is 5.74. The Labute approximate surface area is 127 Å². The third-order valence-corrected chi connectivity index (χ3v) is 3.63. The predicted molar refractivity (Wildman–Crippen MR) is 81.9 cm³/mol. The van der Waals surface area contributed by atoms with E-state index < -0.39 is 0 Å². The second-order valence-electron chi connectivity index (χ2n) is 5.40. The van der Waals surface area contributed by atoms with Gasteiger partial charge in [0.1, 0.15) is 11.5 Å². The van der Waals surface area contributed by atoms with Gasteiger partial charge in [-0.1, -0.05) is 6.92 Å². The number of hydrogen-bond acceptors (Lipinski definition) is 4. The van der Waals surface area contributed by atoms with Crippen molar-refractivity contribution in [3.8, 4) is 11.5 Å². The Hall–Kier alpha value is -1.26. The summed E-state index contributed by atoms with van der Waals surface area (Å²) in [5.74, 6) is 1.52. The fourth-order valence-corrected chi connectivity index (χ4v) is 2.47. The van der Waals surface area contributed by atoms with Gasteiger partial charge in [0.2, 0.25) is 0 Å². The van der Waals surface area contributed by atoms with Gasteiger partial charge in [-0.2, -0.15) is 0 Å². The molecule has 1 N–H and O–H groups in total. The van der Waals surface area contributed by atoms with Gasteiger partial charge in [0, 0.05) is 18.2 Å². The summed E-state index contributed by atoms with van der Waals surface area (Å²) in [6.45, 7) is 4.29. The van der Waals surface area contributed by atoms with Crippen LogP contribution in [0.25, 0.3) is 0 Å².